The highest BCUT2D eigenvalue weighted by Gasteiger charge is 2.38. The molecule has 2 atom stereocenters. The summed E-state index contributed by atoms with van der Waals surface area (Å²) in [5.41, 5.74) is 2.86. The van der Waals surface area contributed by atoms with E-state index in [4.69, 9.17) is 9.40 Å². The zero-order chi connectivity index (χ0) is 18.7. The van der Waals surface area contributed by atoms with Gasteiger partial charge < -0.3 is 19.5 Å². The number of nitrogens with one attached hydrogen (secondary N) is 1. The molecule has 1 amide bonds. The summed E-state index contributed by atoms with van der Waals surface area (Å²) in [6, 6.07) is 5.48. The van der Waals surface area contributed by atoms with E-state index < -0.39 is 0 Å². The molecule has 0 aliphatic carbocycles. The van der Waals surface area contributed by atoms with Gasteiger partial charge in [0.2, 0.25) is 0 Å². The van der Waals surface area contributed by atoms with Crippen LogP contribution in [0.3, 0.4) is 0 Å². The van der Waals surface area contributed by atoms with Gasteiger partial charge in [-0.05, 0) is 31.4 Å². The Hall–Kier alpha value is -2.45. The number of amides is 1. The van der Waals surface area contributed by atoms with Crippen molar-refractivity contribution >= 4 is 34.4 Å². The summed E-state index contributed by atoms with van der Waals surface area (Å²) in [6.07, 6.45) is 5.15. The average Bonchev–Trinajstić information content (AvgIpc) is 3.47. The number of carbonyl (C=O) groups excluding carboxylic acids is 1. The highest BCUT2D eigenvalue weighted by atomic mass is 32.1. The van der Waals surface area contributed by atoms with Crippen LogP contribution in [0.15, 0.2) is 28.1 Å². The summed E-state index contributed by atoms with van der Waals surface area (Å²) in [7, 11) is 0. The minimum atomic E-state index is 0.0520. The molecular formula is C20H21N5O2S. The lowest BCUT2D eigenvalue weighted by Gasteiger charge is -2.47. The van der Waals surface area contributed by atoms with Crippen LogP contribution < -0.4 is 10.2 Å². The Morgan fingerprint density at radius 3 is 2.71 bits per heavy atom. The van der Waals surface area contributed by atoms with Crippen LogP contribution in [0.5, 0.6) is 0 Å². The van der Waals surface area contributed by atoms with Crippen molar-refractivity contribution in [3.63, 3.8) is 0 Å². The molecule has 0 saturated carbocycles. The molecule has 28 heavy (non-hydrogen) atoms. The fraction of sp³-hybridized carbons (Fsp3) is 0.450. The summed E-state index contributed by atoms with van der Waals surface area (Å²) < 4.78 is 6.27. The van der Waals surface area contributed by atoms with Gasteiger partial charge in [-0.3, -0.25) is 4.79 Å². The number of aromatic nitrogens is 2. The van der Waals surface area contributed by atoms with Crippen molar-refractivity contribution < 1.29 is 9.21 Å². The predicted octanol–water partition coefficient (Wildman–Crippen LogP) is 2.74. The van der Waals surface area contributed by atoms with E-state index in [1.807, 2.05) is 22.4 Å². The van der Waals surface area contributed by atoms with Crippen LogP contribution in [0.2, 0.25) is 0 Å². The fourth-order valence-corrected chi connectivity index (χ4v) is 5.25. The number of likely N-dealkylation sites (tertiary alicyclic amines) is 1. The van der Waals surface area contributed by atoms with Gasteiger partial charge in [-0.15, -0.1) is 11.3 Å². The summed E-state index contributed by atoms with van der Waals surface area (Å²) >= 11 is 1.56. The molecule has 7 nitrogen and oxygen atoms in total. The second-order valence-electron chi connectivity index (χ2n) is 7.87. The maximum absolute atomic E-state index is 13.1. The molecule has 4 fully saturated rings. The number of anilines is 1. The zero-order valence-electron chi connectivity index (χ0n) is 15.4. The Bertz CT molecular complexity index is 1020. The number of carbonyl (C=O) groups is 1. The molecule has 2 bridgehead atoms. The lowest BCUT2D eigenvalue weighted by molar-refractivity contribution is 0.0794. The summed E-state index contributed by atoms with van der Waals surface area (Å²) in [5, 5.41) is 6.37. The highest BCUT2D eigenvalue weighted by Crippen LogP contribution is 2.36. The number of hydrogen-bond acceptors (Lipinski definition) is 7. The lowest BCUT2D eigenvalue weighted by atomic mass is 9.92. The molecule has 2 unspecified atom stereocenters. The zero-order valence-corrected chi connectivity index (χ0v) is 16.2. The molecule has 0 spiro atoms. The predicted molar refractivity (Wildman–Crippen MR) is 108 cm³/mol. The third-order valence-corrected chi connectivity index (χ3v) is 6.82. The number of oxazole rings is 1. The standard InChI is InChI=1S/C20H21N5O2S/c26-19(24-6-1-2-7-24)14-3-4-15(18-21-5-8-28-18)17-16(14)23-20(27-17)25-10-12-9-13(11-25)22-12/h3-5,8,12-13,22H,1-2,6-7,9-11H2. The molecule has 8 heteroatoms. The molecule has 6 heterocycles. The van der Waals surface area contributed by atoms with Crippen LogP contribution >= 0.6 is 11.3 Å². The topological polar surface area (TPSA) is 74.5 Å². The van der Waals surface area contributed by atoms with Gasteiger partial charge in [0.15, 0.2) is 5.58 Å². The Morgan fingerprint density at radius 2 is 2.00 bits per heavy atom. The van der Waals surface area contributed by atoms with Crippen molar-refractivity contribution in [1.29, 1.82) is 0 Å². The van der Waals surface area contributed by atoms with Crippen LogP contribution in [0.4, 0.5) is 6.01 Å². The second kappa shape index (κ2) is 6.28. The normalized spacial score (nSPS) is 24.0. The van der Waals surface area contributed by atoms with E-state index in [2.05, 4.69) is 15.2 Å². The molecule has 1 aromatic carbocycles. The molecule has 3 aromatic rings. The first-order chi connectivity index (χ1) is 13.8. The summed E-state index contributed by atoms with van der Waals surface area (Å²) in [6.45, 7) is 3.43. The molecule has 4 aliphatic heterocycles. The molecule has 0 radical (unpaired) electrons. The lowest BCUT2D eigenvalue weighted by Crippen LogP contribution is -2.67. The first kappa shape index (κ1) is 16.5. The van der Waals surface area contributed by atoms with Crippen molar-refractivity contribution in [3.8, 4) is 10.6 Å². The number of benzene rings is 1. The van der Waals surface area contributed by atoms with Crippen molar-refractivity contribution in [2.75, 3.05) is 31.1 Å². The minimum absolute atomic E-state index is 0.0520. The number of nitrogens with zero attached hydrogens (tertiary/aromatic N) is 4. The highest BCUT2D eigenvalue weighted by molar-refractivity contribution is 7.13. The molecule has 7 rings (SSSR count). The van der Waals surface area contributed by atoms with E-state index in [1.54, 1.807) is 17.5 Å². The monoisotopic (exact) mass is 395 g/mol. The van der Waals surface area contributed by atoms with Gasteiger partial charge in [-0.25, -0.2) is 4.98 Å². The van der Waals surface area contributed by atoms with Crippen molar-refractivity contribution in [3.05, 3.63) is 29.3 Å². The first-order valence-corrected chi connectivity index (χ1v) is 10.8. The van der Waals surface area contributed by atoms with Crippen LogP contribution in [0, 0.1) is 0 Å². The van der Waals surface area contributed by atoms with E-state index in [0.717, 1.165) is 49.6 Å². The summed E-state index contributed by atoms with van der Waals surface area (Å²) in [5.74, 6) is 0.0520. The van der Waals surface area contributed by atoms with Crippen LogP contribution in [0.25, 0.3) is 21.7 Å². The van der Waals surface area contributed by atoms with Gasteiger partial charge in [-0.2, -0.15) is 4.98 Å². The SMILES string of the molecule is O=C(c1ccc(-c2nccs2)c2oc(N3CC4CC(C3)N4)nc12)N1CCCC1. The smallest absolute Gasteiger partial charge is 0.298 e. The van der Waals surface area contributed by atoms with E-state index in [0.29, 0.717) is 34.8 Å². The third kappa shape index (κ3) is 2.55. The van der Waals surface area contributed by atoms with E-state index in [1.165, 1.54) is 6.42 Å². The largest absolute Gasteiger partial charge is 0.423 e. The maximum atomic E-state index is 13.1. The van der Waals surface area contributed by atoms with Gasteiger partial charge in [0.05, 0.1) is 11.1 Å². The number of fused-ring (bicyclic) bond motifs is 3. The van der Waals surface area contributed by atoms with E-state index in [9.17, 15) is 4.79 Å². The van der Waals surface area contributed by atoms with Crippen molar-refractivity contribution in [2.45, 2.75) is 31.3 Å². The van der Waals surface area contributed by atoms with E-state index in [-0.39, 0.29) is 5.91 Å². The van der Waals surface area contributed by atoms with Gasteiger partial charge in [0.25, 0.3) is 11.9 Å². The Labute approximate surface area is 166 Å². The van der Waals surface area contributed by atoms with Gasteiger partial charge in [-0.1, -0.05) is 0 Å². The second-order valence-corrected chi connectivity index (χ2v) is 8.77. The number of piperidine rings is 1. The van der Waals surface area contributed by atoms with Crippen molar-refractivity contribution in [2.24, 2.45) is 0 Å². The van der Waals surface area contributed by atoms with E-state index >= 15 is 0 Å². The molecule has 4 saturated heterocycles. The quantitative estimate of drug-likeness (QED) is 0.735. The van der Waals surface area contributed by atoms with Gasteiger partial charge >= 0.3 is 0 Å². The Morgan fingerprint density at radius 1 is 1.21 bits per heavy atom. The Balaban J connectivity index is 1.47. The molecular weight excluding hydrogens is 374 g/mol. The average molecular weight is 395 g/mol. The number of piperazine rings is 1. The van der Waals surface area contributed by atoms with Crippen LogP contribution in [0.1, 0.15) is 29.6 Å². The fourth-order valence-electron chi connectivity index (χ4n) is 4.59. The number of rotatable bonds is 3. The third-order valence-electron chi connectivity index (χ3n) is 6.01. The molecule has 2 aromatic heterocycles. The molecule has 4 aliphatic rings. The molecule has 1 N–H and O–H groups in total. The number of thiazole rings is 1. The van der Waals surface area contributed by atoms with Crippen LogP contribution in [-0.4, -0.2) is 59.0 Å². The Kier molecular flexibility index (Phi) is 3.70. The first-order valence-electron chi connectivity index (χ1n) is 9.90. The minimum Gasteiger partial charge on any atom is -0.423 e. The molecule has 144 valence electrons. The van der Waals surface area contributed by atoms with Gasteiger partial charge in [0, 0.05) is 49.8 Å². The number of hydrogen-bond donors (Lipinski definition) is 1. The van der Waals surface area contributed by atoms with Gasteiger partial charge in [0.1, 0.15) is 10.5 Å². The summed E-state index contributed by atoms with van der Waals surface area (Å²) in [4.78, 5) is 26.5. The van der Waals surface area contributed by atoms with Crippen LogP contribution in [-0.2, 0) is 0 Å². The maximum Gasteiger partial charge on any atom is 0.298 e. The van der Waals surface area contributed by atoms with Crippen molar-refractivity contribution in [1.82, 2.24) is 20.2 Å².